The van der Waals surface area contributed by atoms with E-state index in [9.17, 15) is 0 Å². The molecule has 1 aliphatic rings. The summed E-state index contributed by atoms with van der Waals surface area (Å²) < 4.78 is 1.11. The molecule has 0 aromatic heterocycles. The lowest BCUT2D eigenvalue weighted by Gasteiger charge is -2.33. The van der Waals surface area contributed by atoms with E-state index in [2.05, 4.69) is 88.2 Å². The van der Waals surface area contributed by atoms with Crippen molar-refractivity contribution >= 4 is 21.9 Å². The Morgan fingerprint density at radius 2 is 1.88 bits per heavy atom. The largest absolute Gasteiger partial charge is 0.357 e. The Bertz CT molecular complexity index is 552. The monoisotopic (exact) mass is 423 g/mol. The van der Waals surface area contributed by atoms with Crippen molar-refractivity contribution < 1.29 is 0 Å². The normalized spacial score (nSPS) is 18.0. The molecule has 1 aromatic rings. The van der Waals surface area contributed by atoms with Crippen LogP contribution in [0.25, 0.3) is 0 Å². The number of rotatable bonds is 7. The molecular formula is C20H34BrN5. The predicted octanol–water partition coefficient (Wildman–Crippen LogP) is 2.73. The second-order valence-electron chi connectivity index (χ2n) is 7.39. The van der Waals surface area contributed by atoms with Crippen LogP contribution in [0.4, 0.5) is 0 Å². The summed E-state index contributed by atoms with van der Waals surface area (Å²) in [5.74, 6) is 1.55. The minimum absolute atomic E-state index is 0.563. The molecule has 0 spiro atoms. The first-order valence-electron chi connectivity index (χ1n) is 9.62. The van der Waals surface area contributed by atoms with E-state index in [0.29, 0.717) is 5.92 Å². The van der Waals surface area contributed by atoms with Crippen LogP contribution < -0.4 is 5.32 Å². The molecule has 146 valence electrons. The molecular weight excluding hydrogens is 390 g/mol. The van der Waals surface area contributed by atoms with Crippen LogP contribution in [-0.4, -0.2) is 80.6 Å². The number of likely N-dealkylation sites (N-methyl/N-ethyl adjacent to an activating group) is 1. The summed E-state index contributed by atoms with van der Waals surface area (Å²) in [5.41, 5.74) is 1.28. The zero-order valence-electron chi connectivity index (χ0n) is 16.7. The van der Waals surface area contributed by atoms with Gasteiger partial charge in [-0.25, -0.2) is 0 Å². The fraction of sp³-hybridized carbons (Fsp3) is 0.650. The van der Waals surface area contributed by atoms with E-state index in [1.165, 1.54) is 31.7 Å². The van der Waals surface area contributed by atoms with Gasteiger partial charge in [0.15, 0.2) is 5.96 Å². The minimum atomic E-state index is 0.563. The van der Waals surface area contributed by atoms with Crippen molar-refractivity contribution in [2.75, 3.05) is 59.9 Å². The van der Waals surface area contributed by atoms with Gasteiger partial charge in [0, 0.05) is 63.9 Å². The molecule has 0 amide bonds. The highest BCUT2D eigenvalue weighted by molar-refractivity contribution is 9.10. The lowest BCUT2D eigenvalue weighted by molar-refractivity contribution is 0.140. The average Bonchev–Trinajstić information content (AvgIpc) is 2.62. The van der Waals surface area contributed by atoms with Crippen LogP contribution in [0.2, 0.25) is 0 Å². The maximum absolute atomic E-state index is 4.89. The fourth-order valence-electron chi connectivity index (χ4n) is 3.18. The molecule has 1 fully saturated rings. The predicted molar refractivity (Wildman–Crippen MR) is 115 cm³/mol. The number of nitrogens with zero attached hydrogens (tertiary/aromatic N) is 4. The van der Waals surface area contributed by atoms with Crippen LogP contribution in [0.1, 0.15) is 19.4 Å². The summed E-state index contributed by atoms with van der Waals surface area (Å²) in [7, 11) is 4.31. The Labute approximate surface area is 167 Å². The van der Waals surface area contributed by atoms with Crippen molar-refractivity contribution in [3.05, 3.63) is 34.3 Å². The van der Waals surface area contributed by atoms with E-state index in [1.807, 2.05) is 0 Å². The summed E-state index contributed by atoms with van der Waals surface area (Å²) >= 11 is 3.49. The van der Waals surface area contributed by atoms with Gasteiger partial charge < -0.3 is 20.0 Å². The third-order valence-electron chi connectivity index (χ3n) is 4.75. The van der Waals surface area contributed by atoms with Gasteiger partial charge in [-0.05, 0) is 37.6 Å². The Morgan fingerprint density at radius 1 is 1.23 bits per heavy atom. The Hall–Kier alpha value is -1.11. The molecule has 0 aliphatic carbocycles. The molecule has 0 bridgehead atoms. The SMILES string of the molecule is CCNC(=NCC(C)CN1CCN(C)CC1)N(C)Cc1ccc(Br)cc1. The zero-order chi connectivity index (χ0) is 18.9. The zero-order valence-corrected chi connectivity index (χ0v) is 18.3. The van der Waals surface area contributed by atoms with Crippen LogP contribution in [0.3, 0.4) is 0 Å². The maximum atomic E-state index is 4.89. The summed E-state index contributed by atoms with van der Waals surface area (Å²) in [4.78, 5) is 12.1. The van der Waals surface area contributed by atoms with Crippen LogP contribution in [-0.2, 0) is 6.54 Å². The van der Waals surface area contributed by atoms with Crippen LogP contribution in [0.5, 0.6) is 0 Å². The Kier molecular flexibility index (Phi) is 8.88. The molecule has 1 saturated heterocycles. The van der Waals surface area contributed by atoms with Crippen molar-refractivity contribution in [1.82, 2.24) is 20.0 Å². The summed E-state index contributed by atoms with van der Waals surface area (Å²) in [6.07, 6.45) is 0. The van der Waals surface area contributed by atoms with Crippen molar-refractivity contribution in [3.63, 3.8) is 0 Å². The standard InChI is InChI=1S/C20H34BrN5/c1-5-22-20(25(4)16-18-6-8-19(21)9-7-18)23-14-17(2)15-26-12-10-24(3)11-13-26/h6-9,17H,5,10-16H2,1-4H3,(H,22,23). The topological polar surface area (TPSA) is 34.1 Å². The highest BCUT2D eigenvalue weighted by Crippen LogP contribution is 2.12. The first kappa shape index (κ1) is 21.2. The molecule has 2 rings (SSSR count). The van der Waals surface area contributed by atoms with E-state index in [4.69, 9.17) is 4.99 Å². The Balaban J connectivity index is 1.86. The molecule has 0 saturated carbocycles. The highest BCUT2D eigenvalue weighted by atomic mass is 79.9. The van der Waals surface area contributed by atoms with Crippen LogP contribution in [0.15, 0.2) is 33.7 Å². The molecule has 1 atom stereocenters. The lowest BCUT2D eigenvalue weighted by atomic mass is 10.1. The lowest BCUT2D eigenvalue weighted by Crippen LogP contribution is -2.46. The van der Waals surface area contributed by atoms with E-state index >= 15 is 0 Å². The van der Waals surface area contributed by atoms with Crippen molar-refractivity contribution in [2.24, 2.45) is 10.9 Å². The summed E-state index contributed by atoms with van der Waals surface area (Å²) in [5, 5.41) is 3.43. The highest BCUT2D eigenvalue weighted by Gasteiger charge is 2.16. The molecule has 1 heterocycles. The fourth-order valence-corrected chi connectivity index (χ4v) is 3.44. The minimum Gasteiger partial charge on any atom is -0.357 e. The number of hydrogen-bond donors (Lipinski definition) is 1. The second-order valence-corrected chi connectivity index (χ2v) is 8.30. The van der Waals surface area contributed by atoms with Crippen LogP contribution >= 0.6 is 15.9 Å². The number of hydrogen-bond acceptors (Lipinski definition) is 3. The number of piperazine rings is 1. The van der Waals surface area contributed by atoms with Gasteiger partial charge in [-0.3, -0.25) is 4.99 Å². The number of aliphatic imine (C=N–C) groups is 1. The molecule has 0 radical (unpaired) electrons. The number of nitrogens with one attached hydrogen (secondary N) is 1. The van der Waals surface area contributed by atoms with E-state index in [0.717, 1.165) is 36.6 Å². The van der Waals surface area contributed by atoms with Gasteiger partial charge in [-0.15, -0.1) is 0 Å². The average molecular weight is 424 g/mol. The molecule has 1 unspecified atom stereocenters. The van der Waals surface area contributed by atoms with Crippen LogP contribution in [0, 0.1) is 5.92 Å². The quantitative estimate of drug-likeness (QED) is 0.539. The summed E-state index contributed by atoms with van der Waals surface area (Å²) in [6, 6.07) is 8.48. The van der Waals surface area contributed by atoms with Crippen molar-refractivity contribution in [1.29, 1.82) is 0 Å². The number of benzene rings is 1. The van der Waals surface area contributed by atoms with Gasteiger partial charge in [0.25, 0.3) is 0 Å². The molecule has 1 N–H and O–H groups in total. The molecule has 26 heavy (non-hydrogen) atoms. The number of guanidine groups is 1. The van der Waals surface area contributed by atoms with Gasteiger partial charge in [0.2, 0.25) is 0 Å². The van der Waals surface area contributed by atoms with Gasteiger partial charge >= 0.3 is 0 Å². The van der Waals surface area contributed by atoms with Crippen molar-refractivity contribution in [3.8, 4) is 0 Å². The van der Waals surface area contributed by atoms with Gasteiger partial charge in [-0.2, -0.15) is 0 Å². The molecule has 6 heteroatoms. The molecule has 5 nitrogen and oxygen atoms in total. The first-order valence-corrected chi connectivity index (χ1v) is 10.4. The maximum Gasteiger partial charge on any atom is 0.193 e. The van der Waals surface area contributed by atoms with E-state index < -0.39 is 0 Å². The van der Waals surface area contributed by atoms with E-state index in [-0.39, 0.29) is 0 Å². The van der Waals surface area contributed by atoms with Crippen molar-refractivity contribution in [2.45, 2.75) is 20.4 Å². The Morgan fingerprint density at radius 3 is 2.50 bits per heavy atom. The van der Waals surface area contributed by atoms with Gasteiger partial charge in [-0.1, -0.05) is 35.0 Å². The van der Waals surface area contributed by atoms with Gasteiger partial charge in [0.1, 0.15) is 0 Å². The number of halogens is 1. The third-order valence-corrected chi connectivity index (χ3v) is 5.28. The summed E-state index contributed by atoms with van der Waals surface area (Å²) in [6.45, 7) is 12.9. The smallest absolute Gasteiger partial charge is 0.193 e. The third kappa shape index (κ3) is 7.25. The first-order chi connectivity index (χ1) is 12.5. The molecule has 1 aliphatic heterocycles. The molecule has 1 aromatic carbocycles. The van der Waals surface area contributed by atoms with E-state index in [1.54, 1.807) is 0 Å². The van der Waals surface area contributed by atoms with Gasteiger partial charge in [0.05, 0.1) is 0 Å². The second kappa shape index (κ2) is 10.9.